The topological polar surface area (TPSA) is 40.5 Å². The van der Waals surface area contributed by atoms with E-state index in [1.54, 1.807) is 7.05 Å². The van der Waals surface area contributed by atoms with Crippen LogP contribution < -0.4 is 0 Å². The van der Waals surface area contributed by atoms with Gasteiger partial charge in [0.2, 0.25) is 0 Å². The van der Waals surface area contributed by atoms with E-state index in [0.717, 1.165) is 12.1 Å². The van der Waals surface area contributed by atoms with E-state index in [9.17, 15) is 14.3 Å². The molecule has 1 aromatic carbocycles. The highest BCUT2D eigenvalue weighted by Crippen LogP contribution is 2.30. The van der Waals surface area contributed by atoms with Crippen LogP contribution in [-0.4, -0.2) is 23.0 Å². The first-order chi connectivity index (χ1) is 6.09. The molecule has 1 N–H and O–H groups in total. The van der Waals surface area contributed by atoms with E-state index in [2.05, 4.69) is 0 Å². The van der Waals surface area contributed by atoms with Gasteiger partial charge in [-0.15, -0.1) is 0 Å². The lowest BCUT2D eigenvalue weighted by molar-refractivity contribution is 0.0816. The van der Waals surface area contributed by atoms with Crippen molar-refractivity contribution in [2.45, 2.75) is 6.54 Å². The van der Waals surface area contributed by atoms with Crippen LogP contribution >= 0.6 is 0 Å². The number of phenolic OH excluding ortho intramolecular Hbond substituents is 1. The molecule has 0 saturated heterocycles. The molecule has 1 aliphatic heterocycles. The van der Waals surface area contributed by atoms with Gasteiger partial charge in [-0.1, -0.05) is 0 Å². The third kappa shape index (κ3) is 1.06. The first-order valence-electron chi connectivity index (χ1n) is 3.86. The Bertz CT molecular complexity index is 389. The Labute approximate surface area is 74.4 Å². The lowest BCUT2D eigenvalue weighted by Gasteiger charge is -2.04. The number of rotatable bonds is 0. The van der Waals surface area contributed by atoms with Crippen LogP contribution in [0.2, 0.25) is 0 Å². The minimum Gasteiger partial charge on any atom is -0.507 e. The van der Waals surface area contributed by atoms with Crippen molar-refractivity contribution >= 4 is 5.91 Å². The first-order valence-corrected chi connectivity index (χ1v) is 3.86. The second-order valence-electron chi connectivity index (χ2n) is 3.11. The maximum absolute atomic E-state index is 12.8. The summed E-state index contributed by atoms with van der Waals surface area (Å²) in [5.74, 6) is -0.975. The molecule has 0 bridgehead atoms. The Morgan fingerprint density at radius 2 is 2.23 bits per heavy atom. The van der Waals surface area contributed by atoms with E-state index >= 15 is 0 Å². The van der Waals surface area contributed by atoms with Gasteiger partial charge in [0.05, 0.1) is 12.1 Å². The Hall–Kier alpha value is -1.58. The average molecular weight is 181 g/mol. The van der Waals surface area contributed by atoms with Gasteiger partial charge in [-0.2, -0.15) is 0 Å². The number of halogens is 1. The van der Waals surface area contributed by atoms with Crippen LogP contribution in [0.15, 0.2) is 12.1 Å². The fourth-order valence-electron chi connectivity index (χ4n) is 1.49. The van der Waals surface area contributed by atoms with Crippen molar-refractivity contribution in [3.05, 3.63) is 29.1 Å². The second kappa shape index (κ2) is 2.45. The van der Waals surface area contributed by atoms with Crippen LogP contribution in [0.4, 0.5) is 4.39 Å². The number of hydrogen-bond acceptors (Lipinski definition) is 2. The maximum Gasteiger partial charge on any atom is 0.254 e. The van der Waals surface area contributed by atoms with Crippen LogP contribution in [0.5, 0.6) is 5.75 Å². The van der Waals surface area contributed by atoms with E-state index in [1.165, 1.54) is 4.90 Å². The summed E-state index contributed by atoms with van der Waals surface area (Å²) in [5.41, 5.74) is 0.772. The molecule has 68 valence electrons. The highest BCUT2D eigenvalue weighted by molar-refractivity contribution is 5.98. The van der Waals surface area contributed by atoms with E-state index in [0.29, 0.717) is 12.1 Å². The second-order valence-corrected chi connectivity index (χ2v) is 3.11. The fraction of sp³-hybridized carbons (Fsp3) is 0.222. The molecular weight excluding hydrogens is 173 g/mol. The summed E-state index contributed by atoms with van der Waals surface area (Å²) in [4.78, 5) is 12.8. The van der Waals surface area contributed by atoms with Gasteiger partial charge in [0.25, 0.3) is 5.91 Å². The predicted octanol–water partition coefficient (Wildman–Crippen LogP) is 1.12. The molecule has 13 heavy (non-hydrogen) atoms. The third-order valence-corrected chi connectivity index (χ3v) is 2.16. The van der Waals surface area contributed by atoms with Crippen LogP contribution in [-0.2, 0) is 6.54 Å². The molecule has 0 radical (unpaired) electrons. The Morgan fingerprint density at radius 1 is 1.54 bits per heavy atom. The van der Waals surface area contributed by atoms with E-state index in [1.807, 2.05) is 0 Å². The Kier molecular flexibility index (Phi) is 1.52. The summed E-state index contributed by atoms with van der Waals surface area (Å²) in [7, 11) is 1.61. The number of nitrogens with zero attached hydrogens (tertiary/aromatic N) is 1. The zero-order valence-electron chi connectivity index (χ0n) is 7.04. The molecule has 0 aromatic heterocycles. The van der Waals surface area contributed by atoms with E-state index in [4.69, 9.17) is 0 Å². The molecule has 1 aliphatic rings. The third-order valence-electron chi connectivity index (χ3n) is 2.16. The summed E-state index contributed by atoms with van der Waals surface area (Å²) < 4.78 is 12.8. The molecule has 1 amide bonds. The minimum atomic E-state index is -0.583. The standard InChI is InChI=1S/C9H8FNO2/c1-11-4-7-6(9(11)13)2-5(10)3-8(7)12/h2-3,12H,4H2,1H3. The van der Waals surface area contributed by atoms with Gasteiger partial charge in [-0.3, -0.25) is 4.79 Å². The molecule has 0 aliphatic carbocycles. The van der Waals surface area contributed by atoms with Crippen LogP contribution in [0.3, 0.4) is 0 Å². The number of carbonyl (C=O) groups excluding carboxylic acids is 1. The van der Waals surface area contributed by atoms with E-state index < -0.39 is 5.82 Å². The zero-order valence-corrected chi connectivity index (χ0v) is 7.04. The number of hydrogen-bond donors (Lipinski definition) is 1. The number of benzene rings is 1. The normalized spacial score (nSPS) is 14.9. The van der Waals surface area contributed by atoms with Crippen molar-refractivity contribution in [2.75, 3.05) is 7.05 Å². The zero-order chi connectivity index (χ0) is 9.59. The highest BCUT2D eigenvalue weighted by Gasteiger charge is 2.27. The molecule has 3 nitrogen and oxygen atoms in total. The molecule has 1 heterocycles. The van der Waals surface area contributed by atoms with Gasteiger partial charge in [-0.05, 0) is 6.07 Å². The number of amides is 1. The number of fused-ring (bicyclic) bond motifs is 1. The summed E-state index contributed by atoms with van der Waals surface area (Å²) in [6.07, 6.45) is 0. The van der Waals surface area contributed by atoms with E-state index in [-0.39, 0.29) is 17.2 Å². The summed E-state index contributed by atoms with van der Waals surface area (Å²) >= 11 is 0. The Balaban J connectivity index is 2.64. The van der Waals surface area contributed by atoms with Gasteiger partial charge < -0.3 is 10.0 Å². The number of carbonyl (C=O) groups is 1. The first kappa shape index (κ1) is 8.04. The quantitative estimate of drug-likeness (QED) is 0.651. The monoisotopic (exact) mass is 181 g/mol. The smallest absolute Gasteiger partial charge is 0.254 e. The van der Waals surface area contributed by atoms with Crippen molar-refractivity contribution in [1.29, 1.82) is 0 Å². The SMILES string of the molecule is CN1Cc2c(O)cc(F)cc2C1=O. The van der Waals surface area contributed by atoms with Crippen molar-refractivity contribution < 1.29 is 14.3 Å². The van der Waals surface area contributed by atoms with Crippen molar-refractivity contribution in [3.8, 4) is 5.75 Å². The highest BCUT2D eigenvalue weighted by atomic mass is 19.1. The van der Waals surface area contributed by atoms with Gasteiger partial charge in [0.1, 0.15) is 11.6 Å². The van der Waals surface area contributed by atoms with Crippen molar-refractivity contribution in [3.63, 3.8) is 0 Å². The predicted molar refractivity (Wildman–Crippen MR) is 43.9 cm³/mol. The number of phenols is 1. The molecule has 0 spiro atoms. The van der Waals surface area contributed by atoms with Crippen LogP contribution in [0.25, 0.3) is 0 Å². The van der Waals surface area contributed by atoms with Gasteiger partial charge >= 0.3 is 0 Å². The lowest BCUT2D eigenvalue weighted by atomic mass is 10.1. The van der Waals surface area contributed by atoms with Crippen molar-refractivity contribution in [2.24, 2.45) is 0 Å². The fourth-order valence-corrected chi connectivity index (χ4v) is 1.49. The molecule has 0 atom stereocenters. The minimum absolute atomic E-state index is 0.146. The van der Waals surface area contributed by atoms with Crippen LogP contribution in [0, 0.1) is 5.82 Å². The van der Waals surface area contributed by atoms with Gasteiger partial charge in [0, 0.05) is 18.7 Å². The molecule has 0 saturated carbocycles. The summed E-state index contributed by atoms with van der Waals surface area (Å²) in [6, 6.07) is 2.17. The van der Waals surface area contributed by atoms with Gasteiger partial charge in [-0.25, -0.2) is 4.39 Å². The molecule has 2 rings (SSSR count). The van der Waals surface area contributed by atoms with Gasteiger partial charge in [0.15, 0.2) is 0 Å². The Morgan fingerprint density at radius 3 is 2.92 bits per heavy atom. The summed E-state index contributed by atoms with van der Waals surface area (Å²) in [5, 5.41) is 9.33. The largest absolute Gasteiger partial charge is 0.507 e. The lowest BCUT2D eigenvalue weighted by Crippen LogP contribution is -2.17. The maximum atomic E-state index is 12.8. The average Bonchev–Trinajstić information content (AvgIpc) is 2.32. The molecule has 0 fully saturated rings. The van der Waals surface area contributed by atoms with Crippen LogP contribution in [0.1, 0.15) is 15.9 Å². The molecule has 4 heteroatoms. The molecule has 0 unspecified atom stereocenters. The molecule has 1 aromatic rings. The molecular formula is C9H8FNO2. The number of aromatic hydroxyl groups is 1. The summed E-state index contributed by atoms with van der Waals surface area (Å²) in [6.45, 7) is 0.348. The van der Waals surface area contributed by atoms with Crippen molar-refractivity contribution in [1.82, 2.24) is 4.90 Å².